The third-order valence-electron chi connectivity index (χ3n) is 5.80. The zero-order valence-electron chi connectivity index (χ0n) is 12.5. The van der Waals surface area contributed by atoms with Gasteiger partial charge in [-0.15, -0.1) is 0 Å². The Morgan fingerprint density at radius 3 is 2.91 bits per heavy atom. The molecule has 1 heterocycles. The maximum atomic E-state index is 12.4. The molecule has 5 rings (SSSR count). The molecule has 0 radical (unpaired) electrons. The number of carbonyl (C=O) groups excluding carboxylic acids is 1. The van der Waals surface area contributed by atoms with Gasteiger partial charge in [0.25, 0.3) is 5.91 Å². The molecule has 1 aromatic carbocycles. The van der Waals surface area contributed by atoms with Gasteiger partial charge < -0.3 is 15.2 Å². The van der Waals surface area contributed by atoms with Crippen molar-refractivity contribution in [2.75, 3.05) is 0 Å². The number of nitrogens with one attached hydrogen (secondary N) is 1. The van der Waals surface area contributed by atoms with Gasteiger partial charge in [0.05, 0.1) is 11.5 Å². The molecule has 0 unspecified atom stereocenters. The summed E-state index contributed by atoms with van der Waals surface area (Å²) in [5.41, 5.74) is -0.528. The molecule has 5 heteroatoms. The van der Waals surface area contributed by atoms with Gasteiger partial charge in [0.1, 0.15) is 5.75 Å². The van der Waals surface area contributed by atoms with Crippen LogP contribution in [0.15, 0.2) is 24.3 Å². The molecule has 2 N–H and O–H groups in total. The second-order valence-corrected chi connectivity index (χ2v) is 7.13. The van der Waals surface area contributed by atoms with Crippen molar-refractivity contribution < 1.29 is 19.4 Å². The van der Waals surface area contributed by atoms with Gasteiger partial charge in [0.15, 0.2) is 5.72 Å². The monoisotopic (exact) mass is 301 g/mol. The van der Waals surface area contributed by atoms with E-state index in [1.165, 1.54) is 0 Å². The van der Waals surface area contributed by atoms with Crippen molar-refractivity contribution in [3.8, 4) is 5.75 Å². The summed E-state index contributed by atoms with van der Waals surface area (Å²) >= 11 is 0. The number of ether oxygens (including phenoxy) is 1. The van der Waals surface area contributed by atoms with E-state index in [-0.39, 0.29) is 23.2 Å². The SMILES string of the molecule is C[C@@]12CC[C@@H](C[C@H]1C(=O)O)[C@]1(C2)NC(=O)c2ccccc2O1. The van der Waals surface area contributed by atoms with E-state index in [4.69, 9.17) is 4.74 Å². The van der Waals surface area contributed by atoms with Gasteiger partial charge in [-0.2, -0.15) is 0 Å². The minimum atomic E-state index is -0.746. The van der Waals surface area contributed by atoms with Gasteiger partial charge in [-0.05, 0) is 36.8 Å². The predicted octanol–water partition coefficient (Wildman–Crippen LogP) is 2.42. The fourth-order valence-corrected chi connectivity index (χ4v) is 4.63. The van der Waals surface area contributed by atoms with E-state index in [9.17, 15) is 14.7 Å². The molecule has 4 aliphatic rings. The van der Waals surface area contributed by atoms with Crippen molar-refractivity contribution >= 4 is 11.9 Å². The molecule has 3 saturated carbocycles. The molecule has 116 valence electrons. The first kappa shape index (κ1) is 13.6. The van der Waals surface area contributed by atoms with Crippen LogP contribution in [0.1, 0.15) is 43.0 Å². The van der Waals surface area contributed by atoms with Crippen LogP contribution in [0.4, 0.5) is 0 Å². The van der Waals surface area contributed by atoms with Crippen molar-refractivity contribution in [3.05, 3.63) is 29.8 Å². The molecule has 4 atom stereocenters. The maximum Gasteiger partial charge on any atom is 0.307 e. The van der Waals surface area contributed by atoms with E-state index in [0.29, 0.717) is 24.2 Å². The molecular formula is C17H19NO4. The molecule has 3 fully saturated rings. The molecule has 1 aliphatic heterocycles. The van der Waals surface area contributed by atoms with Gasteiger partial charge in [-0.25, -0.2) is 0 Å². The number of fused-ring (bicyclic) bond motifs is 3. The number of aliphatic carboxylic acids is 1. The highest BCUT2D eigenvalue weighted by atomic mass is 16.5. The van der Waals surface area contributed by atoms with Crippen LogP contribution in [-0.4, -0.2) is 22.7 Å². The smallest absolute Gasteiger partial charge is 0.307 e. The molecule has 22 heavy (non-hydrogen) atoms. The normalized spacial score (nSPS) is 39.0. The van der Waals surface area contributed by atoms with Crippen LogP contribution >= 0.6 is 0 Å². The first-order chi connectivity index (χ1) is 10.4. The predicted molar refractivity (Wildman–Crippen MR) is 78.5 cm³/mol. The number of amides is 1. The van der Waals surface area contributed by atoms with Crippen molar-refractivity contribution in [2.24, 2.45) is 17.3 Å². The van der Waals surface area contributed by atoms with Gasteiger partial charge in [0.2, 0.25) is 0 Å². The number of hydrogen-bond acceptors (Lipinski definition) is 3. The summed E-state index contributed by atoms with van der Waals surface area (Å²) < 4.78 is 6.23. The van der Waals surface area contributed by atoms with Crippen LogP contribution in [0.25, 0.3) is 0 Å². The van der Waals surface area contributed by atoms with E-state index in [1.807, 2.05) is 25.1 Å². The first-order valence-corrected chi connectivity index (χ1v) is 7.77. The average Bonchev–Trinajstić information content (AvgIpc) is 2.46. The second-order valence-electron chi connectivity index (χ2n) is 7.13. The minimum Gasteiger partial charge on any atom is -0.481 e. The van der Waals surface area contributed by atoms with E-state index >= 15 is 0 Å². The molecule has 1 aromatic rings. The van der Waals surface area contributed by atoms with E-state index in [2.05, 4.69) is 5.32 Å². The number of para-hydroxylation sites is 1. The van der Waals surface area contributed by atoms with E-state index in [1.54, 1.807) is 6.07 Å². The lowest BCUT2D eigenvalue weighted by Crippen LogP contribution is -2.68. The summed E-state index contributed by atoms with van der Waals surface area (Å²) in [5.74, 6) is -0.550. The van der Waals surface area contributed by atoms with Crippen LogP contribution in [0, 0.1) is 17.3 Å². The molecule has 1 amide bonds. The second kappa shape index (κ2) is 4.24. The zero-order valence-corrected chi connectivity index (χ0v) is 12.5. The summed E-state index contributed by atoms with van der Waals surface area (Å²) in [5, 5.41) is 12.5. The molecule has 0 aromatic heterocycles. The maximum absolute atomic E-state index is 12.4. The van der Waals surface area contributed by atoms with Crippen molar-refractivity contribution in [1.82, 2.24) is 5.32 Å². The largest absolute Gasteiger partial charge is 0.481 e. The lowest BCUT2D eigenvalue weighted by atomic mass is 9.52. The number of carboxylic acids is 1. The quantitative estimate of drug-likeness (QED) is 0.835. The fraction of sp³-hybridized carbons (Fsp3) is 0.529. The Labute approximate surface area is 128 Å². The van der Waals surface area contributed by atoms with Crippen LogP contribution in [-0.2, 0) is 4.79 Å². The Bertz CT molecular complexity index is 672. The summed E-state index contributed by atoms with van der Waals surface area (Å²) in [6.07, 6.45) is 2.88. The number of benzene rings is 1. The van der Waals surface area contributed by atoms with Gasteiger partial charge in [-0.1, -0.05) is 19.1 Å². The summed E-state index contributed by atoms with van der Waals surface area (Å²) in [7, 11) is 0. The third kappa shape index (κ3) is 1.71. The lowest BCUT2D eigenvalue weighted by molar-refractivity contribution is -0.178. The lowest BCUT2D eigenvalue weighted by Gasteiger charge is -2.59. The Hall–Kier alpha value is -2.04. The summed E-state index contributed by atoms with van der Waals surface area (Å²) in [6.45, 7) is 2.01. The highest BCUT2D eigenvalue weighted by Crippen LogP contribution is 2.58. The van der Waals surface area contributed by atoms with Crippen molar-refractivity contribution in [1.29, 1.82) is 0 Å². The average molecular weight is 301 g/mol. The number of rotatable bonds is 1. The van der Waals surface area contributed by atoms with Crippen LogP contribution < -0.4 is 10.1 Å². The molecule has 5 nitrogen and oxygen atoms in total. The standard InChI is InChI=1S/C17H19NO4/c1-16-7-6-10(8-12(16)15(20)21)17(9-16)18-14(19)11-4-2-3-5-13(11)22-17/h2-5,10,12H,6-9H2,1H3,(H,18,19)(H,20,21)/t10-,12-,16-,17+/m0/s1. The van der Waals surface area contributed by atoms with Gasteiger partial charge >= 0.3 is 5.97 Å². The third-order valence-corrected chi connectivity index (χ3v) is 5.80. The highest BCUT2D eigenvalue weighted by Gasteiger charge is 2.62. The van der Waals surface area contributed by atoms with Crippen molar-refractivity contribution in [2.45, 2.75) is 38.3 Å². The minimum absolute atomic E-state index is 0.0488. The number of hydrogen-bond donors (Lipinski definition) is 2. The Morgan fingerprint density at radius 2 is 2.18 bits per heavy atom. The molecule has 0 saturated heterocycles. The Balaban J connectivity index is 1.73. The van der Waals surface area contributed by atoms with E-state index in [0.717, 1.165) is 12.8 Å². The van der Waals surface area contributed by atoms with Gasteiger partial charge in [0, 0.05) is 12.3 Å². The zero-order chi connectivity index (χ0) is 15.5. The van der Waals surface area contributed by atoms with Crippen LogP contribution in [0.3, 0.4) is 0 Å². The summed E-state index contributed by atoms with van der Waals surface area (Å²) in [4.78, 5) is 24.0. The highest BCUT2D eigenvalue weighted by molar-refractivity contribution is 5.98. The molecular weight excluding hydrogens is 282 g/mol. The Kier molecular flexibility index (Phi) is 2.63. The summed E-state index contributed by atoms with van der Waals surface area (Å²) in [6, 6.07) is 7.23. The van der Waals surface area contributed by atoms with Gasteiger partial charge in [-0.3, -0.25) is 9.59 Å². The van der Waals surface area contributed by atoms with Crippen LogP contribution in [0.5, 0.6) is 5.75 Å². The topological polar surface area (TPSA) is 75.6 Å². The molecule has 2 bridgehead atoms. The van der Waals surface area contributed by atoms with E-state index < -0.39 is 11.7 Å². The fourth-order valence-electron chi connectivity index (χ4n) is 4.63. The number of carboxylic acid groups (broad SMARTS) is 1. The Morgan fingerprint density at radius 1 is 1.41 bits per heavy atom. The van der Waals surface area contributed by atoms with Crippen molar-refractivity contribution in [3.63, 3.8) is 0 Å². The van der Waals surface area contributed by atoms with Crippen LogP contribution in [0.2, 0.25) is 0 Å². The number of carbonyl (C=O) groups is 2. The first-order valence-electron chi connectivity index (χ1n) is 7.77. The molecule has 1 spiro atoms. The molecule has 3 aliphatic carbocycles.